The van der Waals surface area contributed by atoms with Crippen molar-refractivity contribution in [3.8, 4) is 0 Å². The van der Waals surface area contributed by atoms with E-state index in [1.165, 1.54) is 43.5 Å². The monoisotopic (exact) mass is 230 g/mol. The summed E-state index contributed by atoms with van der Waals surface area (Å²) in [6, 6.07) is 8.97. The molecular weight excluding hydrogens is 208 g/mol. The highest BCUT2D eigenvalue weighted by atomic mass is 15.1. The zero-order valence-electron chi connectivity index (χ0n) is 10.6. The molecule has 0 atom stereocenters. The fourth-order valence-electron chi connectivity index (χ4n) is 2.40. The lowest BCUT2D eigenvalue weighted by atomic mass is 10.1. The highest BCUT2D eigenvalue weighted by Crippen LogP contribution is 2.13. The van der Waals surface area contributed by atoms with E-state index in [9.17, 15) is 0 Å². The Morgan fingerprint density at radius 1 is 1.00 bits per heavy atom. The Morgan fingerprint density at radius 3 is 2.29 bits per heavy atom. The van der Waals surface area contributed by atoms with Crippen LogP contribution in [0.25, 0.3) is 0 Å². The first-order chi connectivity index (χ1) is 8.38. The van der Waals surface area contributed by atoms with Crippen LogP contribution < -0.4 is 5.32 Å². The number of benzene rings is 1. The Hall–Kier alpha value is -0.860. The minimum Gasteiger partial charge on any atom is -0.424 e. The van der Waals surface area contributed by atoms with Gasteiger partial charge in [-0.2, -0.15) is 0 Å². The van der Waals surface area contributed by atoms with Gasteiger partial charge in [-0.15, -0.1) is 0 Å². The van der Waals surface area contributed by atoms with E-state index in [4.69, 9.17) is 0 Å². The summed E-state index contributed by atoms with van der Waals surface area (Å²) in [5.74, 6) is 0. The number of likely N-dealkylation sites (tertiary alicyclic amines) is 1. The Labute approximate surface area is 105 Å². The molecule has 2 heteroatoms. The van der Waals surface area contributed by atoms with Crippen LogP contribution in [0.5, 0.6) is 0 Å². The fourth-order valence-corrected chi connectivity index (χ4v) is 2.40. The molecule has 93 valence electrons. The van der Waals surface area contributed by atoms with E-state index in [0.717, 1.165) is 19.5 Å². The highest BCUT2D eigenvalue weighted by molar-refractivity contribution is 5.22. The van der Waals surface area contributed by atoms with E-state index in [-0.39, 0.29) is 0 Å². The van der Waals surface area contributed by atoms with Gasteiger partial charge in [0.25, 0.3) is 0 Å². The molecule has 0 amide bonds. The van der Waals surface area contributed by atoms with E-state index in [1.807, 2.05) is 0 Å². The Kier molecular flexibility index (Phi) is 5.02. The summed E-state index contributed by atoms with van der Waals surface area (Å²) >= 11 is 0. The summed E-state index contributed by atoms with van der Waals surface area (Å²) < 4.78 is 0. The lowest BCUT2D eigenvalue weighted by Gasteiger charge is -2.26. The molecule has 2 rings (SSSR count). The van der Waals surface area contributed by atoms with Gasteiger partial charge in [0.1, 0.15) is 0 Å². The lowest BCUT2D eigenvalue weighted by Crippen LogP contribution is -2.29. The van der Waals surface area contributed by atoms with Crippen molar-refractivity contribution in [1.29, 1.82) is 0 Å². The summed E-state index contributed by atoms with van der Waals surface area (Å²) in [5.41, 5.74) is 2.79. The van der Waals surface area contributed by atoms with Gasteiger partial charge in [0.05, 0.1) is 0 Å². The molecule has 2 nitrogen and oxygen atoms in total. The molecule has 1 fully saturated rings. The molecule has 1 saturated heterocycles. The SMILES string of the molecule is [CH2-][N]CCc1ccc(CN2CCCCC2)cc1. The van der Waals surface area contributed by atoms with Crippen molar-refractivity contribution >= 4 is 0 Å². The van der Waals surface area contributed by atoms with Crippen LogP contribution in [0.3, 0.4) is 0 Å². The number of nitrogens with zero attached hydrogens (tertiary/aromatic N) is 2. The predicted octanol–water partition coefficient (Wildman–Crippen LogP) is 2.61. The molecule has 1 heterocycles. The molecule has 0 aliphatic carbocycles. The second kappa shape index (κ2) is 6.77. The third kappa shape index (κ3) is 4.14. The summed E-state index contributed by atoms with van der Waals surface area (Å²) in [5, 5.41) is 3.89. The molecule has 1 aromatic carbocycles. The first-order valence-electron chi connectivity index (χ1n) is 6.61. The fraction of sp³-hybridized carbons (Fsp3) is 0.533. The second-order valence-corrected chi connectivity index (χ2v) is 4.85. The lowest BCUT2D eigenvalue weighted by molar-refractivity contribution is 0.221. The van der Waals surface area contributed by atoms with Crippen molar-refractivity contribution < 1.29 is 0 Å². The molecule has 0 saturated carbocycles. The maximum absolute atomic E-state index is 3.89. The minimum atomic E-state index is 0.825. The van der Waals surface area contributed by atoms with Crippen LogP contribution >= 0.6 is 0 Å². The van der Waals surface area contributed by atoms with Gasteiger partial charge in [-0.3, -0.25) is 11.9 Å². The van der Waals surface area contributed by atoms with Gasteiger partial charge in [0.2, 0.25) is 0 Å². The third-order valence-electron chi connectivity index (χ3n) is 3.44. The van der Waals surface area contributed by atoms with Crippen molar-refractivity contribution in [1.82, 2.24) is 10.2 Å². The van der Waals surface area contributed by atoms with Crippen molar-refractivity contribution in [3.05, 3.63) is 42.4 Å². The smallest absolute Gasteiger partial charge is 0.0233 e. The molecule has 1 aliphatic heterocycles. The van der Waals surface area contributed by atoms with Crippen LogP contribution in [0.1, 0.15) is 30.4 Å². The van der Waals surface area contributed by atoms with Crippen LogP contribution in [-0.2, 0) is 13.0 Å². The van der Waals surface area contributed by atoms with Crippen molar-refractivity contribution in [2.24, 2.45) is 0 Å². The van der Waals surface area contributed by atoms with Gasteiger partial charge >= 0.3 is 0 Å². The zero-order chi connectivity index (χ0) is 11.9. The highest BCUT2D eigenvalue weighted by Gasteiger charge is 2.09. The largest absolute Gasteiger partial charge is 0.424 e. The second-order valence-electron chi connectivity index (χ2n) is 4.85. The Bertz CT molecular complexity index is 312. The van der Waals surface area contributed by atoms with Crippen LogP contribution in [0.15, 0.2) is 24.3 Å². The van der Waals surface area contributed by atoms with E-state index in [0.29, 0.717) is 0 Å². The topological polar surface area (TPSA) is 17.3 Å². The molecule has 0 aromatic heterocycles. The molecule has 17 heavy (non-hydrogen) atoms. The summed E-state index contributed by atoms with van der Waals surface area (Å²) in [4.78, 5) is 2.56. The van der Waals surface area contributed by atoms with Gasteiger partial charge in [-0.1, -0.05) is 30.7 Å². The average molecular weight is 230 g/mol. The van der Waals surface area contributed by atoms with Gasteiger partial charge in [0, 0.05) is 6.54 Å². The molecule has 0 N–H and O–H groups in total. The van der Waals surface area contributed by atoms with Crippen LogP contribution in [0.2, 0.25) is 0 Å². The van der Waals surface area contributed by atoms with E-state index >= 15 is 0 Å². The zero-order valence-corrected chi connectivity index (χ0v) is 10.6. The quantitative estimate of drug-likeness (QED) is 0.711. The van der Waals surface area contributed by atoms with Crippen molar-refractivity contribution in [2.45, 2.75) is 32.2 Å². The Balaban J connectivity index is 1.84. The predicted molar refractivity (Wildman–Crippen MR) is 71.6 cm³/mol. The standard InChI is InChI=1S/C15H22N2/c1-16-10-9-14-5-7-15(8-6-14)13-17-11-3-2-4-12-17/h5-8H,1-4,9-13H2/q-1. The Morgan fingerprint density at radius 2 is 1.65 bits per heavy atom. The molecule has 1 aliphatic rings. The maximum Gasteiger partial charge on any atom is 0.0233 e. The average Bonchev–Trinajstić information content (AvgIpc) is 2.39. The van der Waals surface area contributed by atoms with Gasteiger partial charge < -0.3 is 5.32 Å². The molecule has 1 aromatic rings. The normalized spacial score (nSPS) is 17.2. The number of hydrogen-bond donors (Lipinski definition) is 0. The summed E-state index contributed by atoms with van der Waals surface area (Å²) in [6.45, 7) is 4.47. The molecule has 0 bridgehead atoms. The molecule has 0 unspecified atom stereocenters. The van der Waals surface area contributed by atoms with Crippen molar-refractivity contribution in [3.63, 3.8) is 0 Å². The summed E-state index contributed by atoms with van der Waals surface area (Å²) in [7, 11) is 3.51. The van der Waals surface area contributed by atoms with E-state index in [1.54, 1.807) is 0 Å². The van der Waals surface area contributed by atoms with Crippen LogP contribution in [0.4, 0.5) is 0 Å². The summed E-state index contributed by atoms with van der Waals surface area (Å²) in [6.07, 6.45) is 5.14. The van der Waals surface area contributed by atoms with Gasteiger partial charge in [-0.25, -0.2) is 0 Å². The van der Waals surface area contributed by atoms with Gasteiger partial charge in [-0.05, 0) is 50.0 Å². The third-order valence-corrected chi connectivity index (χ3v) is 3.44. The first-order valence-corrected chi connectivity index (χ1v) is 6.61. The number of piperidine rings is 1. The van der Waals surface area contributed by atoms with E-state index < -0.39 is 0 Å². The maximum atomic E-state index is 3.89. The molecular formula is C15H22N2-. The van der Waals surface area contributed by atoms with Crippen LogP contribution in [-0.4, -0.2) is 24.5 Å². The number of rotatable bonds is 5. The first kappa shape index (κ1) is 12.6. The van der Waals surface area contributed by atoms with Crippen molar-refractivity contribution in [2.75, 3.05) is 19.6 Å². The number of hydrogen-bond acceptors (Lipinski definition) is 1. The minimum absolute atomic E-state index is 0.825. The molecule has 0 spiro atoms. The van der Waals surface area contributed by atoms with Crippen LogP contribution in [0, 0.1) is 7.05 Å². The van der Waals surface area contributed by atoms with E-state index in [2.05, 4.69) is 41.5 Å². The van der Waals surface area contributed by atoms with Gasteiger partial charge in [0.15, 0.2) is 0 Å². The molecule has 1 radical (unpaired) electrons.